The Kier molecular flexibility index (Phi) is 8.43. The molecule has 37 heavy (non-hydrogen) atoms. The maximum absolute atomic E-state index is 12.7. The third-order valence-electron chi connectivity index (χ3n) is 6.54. The van der Waals surface area contributed by atoms with E-state index in [1.165, 1.54) is 0 Å². The van der Waals surface area contributed by atoms with Crippen LogP contribution in [-0.4, -0.2) is 46.2 Å². The molecule has 196 valence electrons. The van der Waals surface area contributed by atoms with E-state index >= 15 is 0 Å². The summed E-state index contributed by atoms with van der Waals surface area (Å²) >= 11 is 0. The molecule has 9 nitrogen and oxygen atoms in total. The molecule has 0 unspecified atom stereocenters. The van der Waals surface area contributed by atoms with Gasteiger partial charge in [0.15, 0.2) is 0 Å². The third-order valence-corrected chi connectivity index (χ3v) is 6.54. The summed E-state index contributed by atoms with van der Waals surface area (Å²) in [6, 6.07) is 16.9. The van der Waals surface area contributed by atoms with Crippen molar-refractivity contribution < 1.29 is 19.1 Å². The smallest absolute Gasteiger partial charge is 0.321 e. The Morgan fingerprint density at radius 1 is 1.11 bits per heavy atom. The Bertz CT molecular complexity index is 1190. The zero-order chi connectivity index (χ0) is 26.4. The maximum atomic E-state index is 12.7. The molecule has 0 saturated heterocycles. The van der Waals surface area contributed by atoms with Gasteiger partial charge in [-0.3, -0.25) is 9.69 Å². The summed E-state index contributed by atoms with van der Waals surface area (Å²) < 4.78 is 13.3. The van der Waals surface area contributed by atoms with Crippen LogP contribution in [0, 0.1) is 5.92 Å². The molecule has 0 aliphatic heterocycles. The number of urea groups is 1. The van der Waals surface area contributed by atoms with Crippen LogP contribution in [0.15, 0.2) is 54.6 Å². The van der Waals surface area contributed by atoms with E-state index in [-0.39, 0.29) is 36.7 Å². The molecule has 2 aromatic carbocycles. The van der Waals surface area contributed by atoms with Crippen LogP contribution in [0.5, 0.6) is 5.75 Å². The van der Waals surface area contributed by atoms with E-state index in [1.807, 2.05) is 68.4 Å². The van der Waals surface area contributed by atoms with E-state index in [4.69, 9.17) is 9.47 Å². The Morgan fingerprint density at radius 2 is 1.84 bits per heavy atom. The number of carbonyl (C=O) groups is 2. The highest BCUT2D eigenvalue weighted by molar-refractivity contribution is 5.91. The number of para-hydroxylation sites is 1. The van der Waals surface area contributed by atoms with Gasteiger partial charge in [0.1, 0.15) is 11.4 Å². The zero-order valence-electron chi connectivity index (χ0n) is 21.9. The fourth-order valence-electron chi connectivity index (χ4n) is 4.52. The van der Waals surface area contributed by atoms with E-state index in [2.05, 4.69) is 15.6 Å². The summed E-state index contributed by atoms with van der Waals surface area (Å²) in [5, 5.41) is 11.4. The standard InChI is InChI=1S/C28H35N5O4/c1-19(2)36-27(34)21-9-8-12-24(17-21)37-23-15-13-20(14-16-23)26-25(33(4)31-30-26)18-29-28(35)32(3)22-10-6-5-7-11-22/h5-7,10-11,13-16,19,21,24H,8-9,12,17-18H2,1-4H3,(H,29,35)/t21-,24-/m0/s1. The zero-order valence-corrected chi connectivity index (χ0v) is 21.9. The van der Waals surface area contributed by atoms with E-state index < -0.39 is 0 Å². The fraction of sp³-hybridized carbons (Fsp3) is 0.429. The van der Waals surface area contributed by atoms with Crippen molar-refractivity contribution in [2.24, 2.45) is 13.0 Å². The molecule has 1 fully saturated rings. The SMILES string of the molecule is CC(C)OC(=O)[C@H]1CCC[C@H](Oc2ccc(-c3nnn(C)c3CNC(=O)N(C)c3ccccc3)cc2)C1. The molecule has 0 radical (unpaired) electrons. The lowest BCUT2D eigenvalue weighted by Gasteiger charge is -2.29. The number of aromatic nitrogens is 3. The number of anilines is 1. The predicted octanol–water partition coefficient (Wildman–Crippen LogP) is 4.72. The molecular formula is C28H35N5O4. The highest BCUT2D eigenvalue weighted by atomic mass is 16.5. The summed E-state index contributed by atoms with van der Waals surface area (Å²) in [6.45, 7) is 4.02. The number of aryl methyl sites for hydroxylation is 1. The molecule has 1 saturated carbocycles. The number of amides is 2. The third kappa shape index (κ3) is 6.67. The number of benzene rings is 2. The lowest BCUT2D eigenvalue weighted by Crippen LogP contribution is -2.37. The summed E-state index contributed by atoms with van der Waals surface area (Å²) in [6.07, 6.45) is 3.24. The highest BCUT2D eigenvalue weighted by Gasteiger charge is 2.30. The lowest BCUT2D eigenvalue weighted by molar-refractivity contribution is -0.154. The fourth-order valence-corrected chi connectivity index (χ4v) is 4.52. The van der Waals surface area contributed by atoms with Crippen molar-refractivity contribution in [3.63, 3.8) is 0 Å². The number of esters is 1. The molecule has 2 amide bonds. The molecule has 1 N–H and O–H groups in total. The minimum Gasteiger partial charge on any atom is -0.490 e. The summed E-state index contributed by atoms with van der Waals surface area (Å²) in [5.41, 5.74) is 3.18. The van der Waals surface area contributed by atoms with Gasteiger partial charge in [0.05, 0.1) is 30.4 Å². The Morgan fingerprint density at radius 3 is 2.54 bits per heavy atom. The molecule has 0 bridgehead atoms. The normalized spacial score (nSPS) is 17.3. The van der Waals surface area contributed by atoms with Crippen LogP contribution in [0.1, 0.15) is 45.2 Å². The van der Waals surface area contributed by atoms with Gasteiger partial charge in [-0.25, -0.2) is 9.48 Å². The van der Waals surface area contributed by atoms with Gasteiger partial charge in [-0.1, -0.05) is 23.4 Å². The molecule has 4 rings (SSSR count). The van der Waals surface area contributed by atoms with Crippen LogP contribution >= 0.6 is 0 Å². The van der Waals surface area contributed by atoms with Crippen LogP contribution < -0.4 is 15.0 Å². The second-order valence-corrected chi connectivity index (χ2v) is 9.68. The van der Waals surface area contributed by atoms with Gasteiger partial charge in [0, 0.05) is 25.3 Å². The van der Waals surface area contributed by atoms with Gasteiger partial charge < -0.3 is 14.8 Å². The Hall–Kier alpha value is -3.88. The molecule has 1 aromatic heterocycles. The van der Waals surface area contributed by atoms with E-state index in [0.717, 1.165) is 42.0 Å². The number of nitrogens with zero attached hydrogens (tertiary/aromatic N) is 4. The second kappa shape index (κ2) is 11.9. The van der Waals surface area contributed by atoms with Gasteiger partial charge in [-0.2, -0.15) is 0 Å². The number of hydrogen-bond acceptors (Lipinski definition) is 6. The number of nitrogens with one attached hydrogen (secondary N) is 1. The Labute approximate surface area is 217 Å². The largest absolute Gasteiger partial charge is 0.490 e. The van der Waals surface area contributed by atoms with Crippen molar-refractivity contribution in [3.05, 3.63) is 60.3 Å². The minimum absolute atomic E-state index is 0.0202. The first-order valence-electron chi connectivity index (χ1n) is 12.7. The highest BCUT2D eigenvalue weighted by Crippen LogP contribution is 2.30. The summed E-state index contributed by atoms with van der Waals surface area (Å²) in [7, 11) is 3.54. The van der Waals surface area contributed by atoms with Crippen molar-refractivity contribution >= 4 is 17.7 Å². The molecule has 9 heteroatoms. The topological polar surface area (TPSA) is 98.6 Å². The van der Waals surface area contributed by atoms with Gasteiger partial charge in [0.2, 0.25) is 0 Å². The minimum atomic E-state index is -0.217. The first kappa shape index (κ1) is 26.2. The van der Waals surface area contributed by atoms with Crippen LogP contribution in [0.4, 0.5) is 10.5 Å². The molecule has 1 heterocycles. The molecular weight excluding hydrogens is 470 g/mol. The molecule has 0 spiro atoms. The van der Waals surface area contributed by atoms with Crippen molar-refractivity contribution in [2.45, 2.75) is 58.3 Å². The van der Waals surface area contributed by atoms with E-state index in [1.54, 1.807) is 23.7 Å². The lowest BCUT2D eigenvalue weighted by atomic mass is 9.87. The average molecular weight is 506 g/mol. The van der Waals surface area contributed by atoms with E-state index in [0.29, 0.717) is 12.1 Å². The molecule has 2 atom stereocenters. The van der Waals surface area contributed by atoms with Crippen molar-refractivity contribution in [1.82, 2.24) is 20.3 Å². The molecule has 1 aliphatic carbocycles. The summed E-state index contributed by atoms with van der Waals surface area (Å²) in [4.78, 5) is 26.6. The first-order valence-corrected chi connectivity index (χ1v) is 12.7. The Balaban J connectivity index is 1.37. The predicted molar refractivity (Wildman–Crippen MR) is 141 cm³/mol. The molecule has 3 aromatic rings. The maximum Gasteiger partial charge on any atom is 0.321 e. The van der Waals surface area contributed by atoms with Crippen LogP contribution in [0.25, 0.3) is 11.3 Å². The van der Waals surface area contributed by atoms with Gasteiger partial charge in [-0.15, -0.1) is 5.10 Å². The van der Waals surface area contributed by atoms with Crippen molar-refractivity contribution in [1.29, 1.82) is 0 Å². The van der Waals surface area contributed by atoms with Crippen LogP contribution in [0.3, 0.4) is 0 Å². The van der Waals surface area contributed by atoms with E-state index in [9.17, 15) is 9.59 Å². The monoisotopic (exact) mass is 505 g/mol. The first-order chi connectivity index (χ1) is 17.8. The average Bonchev–Trinajstić information content (AvgIpc) is 3.27. The van der Waals surface area contributed by atoms with Crippen LogP contribution in [0.2, 0.25) is 0 Å². The quantitative estimate of drug-likeness (QED) is 0.445. The number of rotatable bonds is 8. The number of carbonyl (C=O) groups excluding carboxylic acids is 2. The summed E-state index contributed by atoms with van der Waals surface area (Å²) in [5.74, 6) is 0.504. The van der Waals surface area contributed by atoms with Crippen molar-refractivity contribution in [2.75, 3.05) is 11.9 Å². The van der Waals surface area contributed by atoms with Gasteiger partial charge in [-0.05, 0) is 75.9 Å². The van der Waals surface area contributed by atoms with Crippen LogP contribution in [-0.2, 0) is 23.1 Å². The number of ether oxygens (including phenoxy) is 2. The van der Waals surface area contributed by atoms with Gasteiger partial charge >= 0.3 is 12.0 Å². The molecule has 1 aliphatic rings. The number of hydrogen-bond donors (Lipinski definition) is 1. The van der Waals surface area contributed by atoms with Gasteiger partial charge in [0.25, 0.3) is 0 Å². The second-order valence-electron chi connectivity index (χ2n) is 9.68. The van der Waals surface area contributed by atoms with Crippen molar-refractivity contribution in [3.8, 4) is 17.0 Å².